The first kappa shape index (κ1) is 15.1. The van der Waals surface area contributed by atoms with Crippen molar-refractivity contribution in [1.82, 2.24) is 4.90 Å². The van der Waals surface area contributed by atoms with Crippen LogP contribution < -0.4 is 5.73 Å². The van der Waals surface area contributed by atoms with Gasteiger partial charge in [-0.1, -0.05) is 36.4 Å². The van der Waals surface area contributed by atoms with Crippen molar-refractivity contribution in [1.29, 1.82) is 0 Å². The fourth-order valence-corrected chi connectivity index (χ4v) is 2.91. The number of fused-ring (bicyclic) bond motifs is 1. The number of nitrogen functional groups attached to an aromatic ring is 1. The minimum Gasteiger partial charge on any atom is -0.481 e. The van der Waals surface area contributed by atoms with Gasteiger partial charge in [-0.3, -0.25) is 9.59 Å². The van der Waals surface area contributed by atoms with E-state index < -0.39 is 5.97 Å². The van der Waals surface area contributed by atoms with Crippen molar-refractivity contribution in [2.45, 2.75) is 25.9 Å². The Bertz CT molecular complexity index is 746. The van der Waals surface area contributed by atoms with Crippen molar-refractivity contribution in [2.24, 2.45) is 0 Å². The zero-order valence-electron chi connectivity index (χ0n) is 12.7. The molecule has 0 aromatic heterocycles. The molecular weight excluding hydrogens is 292 g/mol. The summed E-state index contributed by atoms with van der Waals surface area (Å²) < 4.78 is 0. The molecule has 0 radical (unpaired) electrons. The maximum absolute atomic E-state index is 12.8. The topological polar surface area (TPSA) is 83.6 Å². The number of carbonyl (C=O) groups excluding carboxylic acids is 1. The van der Waals surface area contributed by atoms with Crippen molar-refractivity contribution >= 4 is 17.6 Å². The van der Waals surface area contributed by atoms with Crippen LogP contribution in [0.25, 0.3) is 0 Å². The average molecular weight is 310 g/mol. The van der Waals surface area contributed by atoms with Crippen molar-refractivity contribution in [3.63, 3.8) is 0 Å². The molecule has 1 amide bonds. The van der Waals surface area contributed by atoms with E-state index in [9.17, 15) is 9.59 Å². The molecule has 3 rings (SSSR count). The number of hydrogen-bond donors (Lipinski definition) is 2. The summed E-state index contributed by atoms with van der Waals surface area (Å²) in [5.41, 5.74) is 9.94. The molecule has 2 aromatic rings. The van der Waals surface area contributed by atoms with E-state index in [2.05, 4.69) is 0 Å². The lowest BCUT2D eigenvalue weighted by molar-refractivity contribution is -0.136. The number of benzene rings is 2. The molecule has 0 bridgehead atoms. The number of nitrogens with zero attached hydrogens (tertiary/aromatic N) is 1. The van der Waals surface area contributed by atoms with E-state index in [0.717, 1.165) is 11.1 Å². The minimum atomic E-state index is -0.879. The summed E-state index contributed by atoms with van der Waals surface area (Å²) in [6.07, 6.45) is 0.319. The quantitative estimate of drug-likeness (QED) is 0.850. The summed E-state index contributed by atoms with van der Waals surface area (Å²) in [6, 6.07) is 13.2. The molecule has 118 valence electrons. The van der Waals surface area contributed by atoms with Crippen LogP contribution in [0.15, 0.2) is 42.5 Å². The van der Waals surface area contributed by atoms with Gasteiger partial charge < -0.3 is 15.7 Å². The van der Waals surface area contributed by atoms with Crippen molar-refractivity contribution in [2.75, 3.05) is 5.73 Å². The van der Waals surface area contributed by atoms with Gasteiger partial charge in [-0.25, -0.2) is 0 Å². The third-order valence-electron chi connectivity index (χ3n) is 4.16. The van der Waals surface area contributed by atoms with Crippen molar-refractivity contribution in [3.8, 4) is 0 Å². The lowest BCUT2D eigenvalue weighted by Crippen LogP contribution is -2.26. The van der Waals surface area contributed by atoms with E-state index in [-0.39, 0.29) is 12.3 Å². The highest BCUT2D eigenvalue weighted by Gasteiger charge is 2.25. The molecule has 1 aliphatic heterocycles. The third kappa shape index (κ3) is 3.04. The number of anilines is 1. The van der Waals surface area contributed by atoms with E-state index >= 15 is 0 Å². The predicted molar refractivity (Wildman–Crippen MR) is 86.8 cm³/mol. The molecular formula is C18H18N2O3. The third-order valence-corrected chi connectivity index (χ3v) is 4.16. The number of rotatable bonds is 4. The first-order valence-electron chi connectivity index (χ1n) is 7.51. The summed E-state index contributed by atoms with van der Waals surface area (Å²) in [5, 5.41) is 8.80. The van der Waals surface area contributed by atoms with Gasteiger partial charge in [-0.15, -0.1) is 0 Å². The van der Waals surface area contributed by atoms with Gasteiger partial charge in [0.15, 0.2) is 0 Å². The lowest BCUT2D eigenvalue weighted by atomic mass is 10.0. The van der Waals surface area contributed by atoms with E-state index in [0.29, 0.717) is 36.3 Å². The van der Waals surface area contributed by atoms with Gasteiger partial charge in [-0.2, -0.15) is 0 Å². The molecule has 5 heteroatoms. The number of carbonyl (C=O) groups is 2. The highest BCUT2D eigenvalue weighted by atomic mass is 16.4. The summed E-state index contributed by atoms with van der Waals surface area (Å²) in [5.74, 6) is -0.994. The maximum Gasteiger partial charge on any atom is 0.303 e. The Balaban J connectivity index is 1.81. The fourth-order valence-electron chi connectivity index (χ4n) is 2.91. The molecule has 1 heterocycles. The molecule has 3 N–H and O–H groups in total. The SMILES string of the molecule is Nc1c(CCC(=O)O)cccc1C(=O)N1Cc2ccccc2C1. The number of carboxylic acids is 1. The monoisotopic (exact) mass is 310 g/mol. The predicted octanol–water partition coefficient (Wildman–Crippen LogP) is 2.44. The van der Waals surface area contributed by atoms with Gasteiger partial charge in [0.25, 0.3) is 5.91 Å². The Kier molecular flexibility index (Phi) is 4.02. The number of aliphatic carboxylic acids is 1. The molecule has 0 saturated heterocycles. The second kappa shape index (κ2) is 6.12. The number of aryl methyl sites for hydroxylation is 1. The summed E-state index contributed by atoms with van der Waals surface area (Å²) >= 11 is 0. The van der Waals surface area contributed by atoms with E-state index in [4.69, 9.17) is 10.8 Å². The number of hydrogen-bond acceptors (Lipinski definition) is 3. The highest BCUT2D eigenvalue weighted by Crippen LogP contribution is 2.27. The van der Waals surface area contributed by atoms with E-state index in [1.807, 2.05) is 24.3 Å². The van der Waals surface area contributed by atoms with Crippen LogP contribution in [-0.2, 0) is 24.3 Å². The van der Waals surface area contributed by atoms with Gasteiger partial charge in [0.05, 0.1) is 5.56 Å². The Morgan fingerprint density at radius 3 is 2.30 bits per heavy atom. The maximum atomic E-state index is 12.8. The van der Waals surface area contributed by atoms with Crippen LogP contribution in [0.4, 0.5) is 5.69 Å². The van der Waals surface area contributed by atoms with Gasteiger partial charge in [-0.05, 0) is 29.2 Å². The molecule has 2 aromatic carbocycles. The van der Waals surface area contributed by atoms with Crippen LogP contribution >= 0.6 is 0 Å². The molecule has 0 unspecified atom stereocenters. The molecule has 0 atom stereocenters. The first-order valence-corrected chi connectivity index (χ1v) is 7.51. The van der Waals surface area contributed by atoms with E-state index in [1.165, 1.54) is 0 Å². The highest BCUT2D eigenvalue weighted by molar-refractivity contribution is 6.00. The fraction of sp³-hybridized carbons (Fsp3) is 0.222. The number of amides is 1. The van der Waals surface area contributed by atoms with Crippen LogP contribution in [0.3, 0.4) is 0 Å². The number of nitrogens with two attached hydrogens (primary N) is 1. The largest absolute Gasteiger partial charge is 0.481 e. The molecule has 0 aliphatic carbocycles. The average Bonchev–Trinajstić information content (AvgIpc) is 2.97. The summed E-state index contributed by atoms with van der Waals surface area (Å²) in [4.78, 5) is 25.2. The minimum absolute atomic E-state index is 0.00298. The van der Waals surface area contributed by atoms with Crippen molar-refractivity contribution < 1.29 is 14.7 Å². The second-order valence-corrected chi connectivity index (χ2v) is 5.70. The van der Waals surface area contributed by atoms with Crippen LogP contribution in [0.1, 0.15) is 33.5 Å². The standard InChI is InChI=1S/C18H18N2O3/c19-17-12(8-9-16(21)22)6-3-7-15(17)18(23)20-10-13-4-1-2-5-14(13)11-20/h1-7H,8-11,19H2,(H,21,22). The van der Waals surface area contributed by atoms with Crippen LogP contribution in [0.5, 0.6) is 0 Å². The summed E-state index contributed by atoms with van der Waals surface area (Å²) in [7, 11) is 0. The smallest absolute Gasteiger partial charge is 0.303 e. The Hall–Kier alpha value is -2.82. The second-order valence-electron chi connectivity index (χ2n) is 5.70. The molecule has 0 spiro atoms. The first-order chi connectivity index (χ1) is 11.1. The van der Waals surface area contributed by atoms with Gasteiger partial charge in [0.1, 0.15) is 0 Å². The molecule has 1 aliphatic rings. The van der Waals surface area contributed by atoms with Crippen LogP contribution in [0, 0.1) is 0 Å². The van der Waals surface area contributed by atoms with Gasteiger partial charge >= 0.3 is 5.97 Å². The zero-order chi connectivity index (χ0) is 16.4. The Morgan fingerprint density at radius 1 is 1.04 bits per heavy atom. The van der Waals surface area contributed by atoms with Crippen LogP contribution in [0.2, 0.25) is 0 Å². The molecule has 23 heavy (non-hydrogen) atoms. The van der Waals surface area contributed by atoms with Gasteiger partial charge in [0.2, 0.25) is 0 Å². The number of para-hydroxylation sites is 1. The van der Waals surface area contributed by atoms with Crippen molar-refractivity contribution in [3.05, 3.63) is 64.7 Å². The summed E-state index contributed by atoms with van der Waals surface area (Å²) in [6.45, 7) is 1.15. The van der Waals surface area contributed by atoms with E-state index in [1.54, 1.807) is 23.1 Å². The molecule has 0 fully saturated rings. The normalized spacial score (nSPS) is 13.0. The van der Waals surface area contributed by atoms with Crippen LogP contribution in [-0.4, -0.2) is 21.9 Å². The van der Waals surface area contributed by atoms with Gasteiger partial charge in [0, 0.05) is 25.2 Å². The Morgan fingerprint density at radius 2 is 1.70 bits per heavy atom. The molecule has 0 saturated carbocycles. The molecule has 5 nitrogen and oxygen atoms in total. The Labute approximate surface area is 134 Å². The zero-order valence-corrected chi connectivity index (χ0v) is 12.7. The number of carboxylic acid groups (broad SMARTS) is 1. The lowest BCUT2D eigenvalue weighted by Gasteiger charge is -2.18.